The van der Waals surface area contributed by atoms with Gasteiger partial charge in [-0.05, 0) is 24.0 Å². The lowest BCUT2D eigenvalue weighted by Gasteiger charge is -2.27. The quantitative estimate of drug-likeness (QED) is 0.826. The van der Waals surface area contributed by atoms with E-state index in [2.05, 4.69) is 0 Å². The molecule has 16 heavy (non-hydrogen) atoms. The molecule has 0 bridgehead atoms. The van der Waals surface area contributed by atoms with Crippen molar-refractivity contribution in [2.45, 2.75) is 38.5 Å². The standard InChI is InChI=1S/C12H15F3O/c1-8(2)9-5-4-6-10(7-9)11(3,16)12(13,14)15/h4-8,16H,1-3H3. The van der Waals surface area contributed by atoms with Crippen molar-refractivity contribution in [2.24, 2.45) is 0 Å². The number of benzene rings is 1. The topological polar surface area (TPSA) is 20.2 Å². The van der Waals surface area contributed by atoms with Crippen molar-refractivity contribution in [2.75, 3.05) is 0 Å². The first-order chi connectivity index (χ1) is 7.16. The van der Waals surface area contributed by atoms with Crippen molar-refractivity contribution in [1.29, 1.82) is 0 Å². The highest BCUT2D eigenvalue weighted by Gasteiger charge is 2.51. The predicted molar refractivity (Wildman–Crippen MR) is 56.2 cm³/mol. The van der Waals surface area contributed by atoms with E-state index in [4.69, 9.17) is 0 Å². The van der Waals surface area contributed by atoms with Gasteiger partial charge in [0.2, 0.25) is 0 Å². The van der Waals surface area contributed by atoms with Crippen LogP contribution in [0.25, 0.3) is 0 Å². The van der Waals surface area contributed by atoms with Crippen LogP contribution in [0.5, 0.6) is 0 Å². The van der Waals surface area contributed by atoms with Gasteiger partial charge in [0, 0.05) is 0 Å². The lowest BCUT2D eigenvalue weighted by Crippen LogP contribution is -2.39. The molecule has 1 unspecified atom stereocenters. The number of alkyl halides is 3. The van der Waals surface area contributed by atoms with Gasteiger partial charge in [0.25, 0.3) is 0 Å². The van der Waals surface area contributed by atoms with E-state index < -0.39 is 11.8 Å². The fourth-order valence-electron chi connectivity index (χ4n) is 1.36. The highest BCUT2D eigenvalue weighted by Crippen LogP contribution is 2.38. The van der Waals surface area contributed by atoms with Crippen molar-refractivity contribution in [3.63, 3.8) is 0 Å². The maximum atomic E-state index is 12.6. The zero-order chi connectivity index (χ0) is 12.6. The SMILES string of the molecule is CC(C)c1cccc(C(C)(O)C(F)(F)F)c1. The van der Waals surface area contributed by atoms with Gasteiger partial charge in [0.05, 0.1) is 0 Å². The summed E-state index contributed by atoms with van der Waals surface area (Å²) >= 11 is 0. The van der Waals surface area contributed by atoms with Crippen LogP contribution in [0.15, 0.2) is 24.3 Å². The molecule has 0 heterocycles. The Bertz CT molecular complexity index is 367. The molecule has 0 spiro atoms. The van der Waals surface area contributed by atoms with Crippen molar-refractivity contribution in [1.82, 2.24) is 0 Å². The molecule has 0 radical (unpaired) electrons. The van der Waals surface area contributed by atoms with E-state index in [1.165, 1.54) is 18.2 Å². The van der Waals surface area contributed by atoms with Gasteiger partial charge in [-0.25, -0.2) is 0 Å². The molecule has 0 fully saturated rings. The molecule has 1 atom stereocenters. The van der Waals surface area contributed by atoms with Crippen molar-refractivity contribution >= 4 is 0 Å². The molecular weight excluding hydrogens is 217 g/mol. The van der Waals surface area contributed by atoms with Gasteiger partial charge < -0.3 is 5.11 Å². The minimum Gasteiger partial charge on any atom is -0.376 e. The van der Waals surface area contributed by atoms with E-state index in [9.17, 15) is 18.3 Å². The van der Waals surface area contributed by atoms with Crippen LogP contribution < -0.4 is 0 Å². The first kappa shape index (κ1) is 13.0. The Labute approximate surface area is 92.9 Å². The largest absolute Gasteiger partial charge is 0.421 e. The number of aliphatic hydroxyl groups is 1. The zero-order valence-electron chi connectivity index (χ0n) is 9.47. The van der Waals surface area contributed by atoms with Gasteiger partial charge in [-0.15, -0.1) is 0 Å². The maximum absolute atomic E-state index is 12.6. The van der Waals surface area contributed by atoms with E-state index in [0.29, 0.717) is 0 Å². The van der Waals surface area contributed by atoms with Crippen LogP contribution in [0.4, 0.5) is 13.2 Å². The fourth-order valence-corrected chi connectivity index (χ4v) is 1.36. The monoisotopic (exact) mass is 232 g/mol. The average Bonchev–Trinajstić information content (AvgIpc) is 2.16. The number of hydrogen-bond acceptors (Lipinski definition) is 1. The van der Waals surface area contributed by atoms with Gasteiger partial charge >= 0.3 is 6.18 Å². The molecule has 0 aromatic heterocycles. The number of rotatable bonds is 2. The van der Waals surface area contributed by atoms with Crippen molar-refractivity contribution in [3.05, 3.63) is 35.4 Å². The number of hydrogen-bond donors (Lipinski definition) is 1. The Morgan fingerprint density at radius 2 is 1.75 bits per heavy atom. The van der Waals surface area contributed by atoms with Crippen molar-refractivity contribution < 1.29 is 18.3 Å². The summed E-state index contributed by atoms with van der Waals surface area (Å²) in [5.41, 5.74) is -2.13. The van der Waals surface area contributed by atoms with Crippen molar-refractivity contribution in [3.8, 4) is 0 Å². The minimum absolute atomic E-state index is 0.119. The molecule has 1 N–H and O–H groups in total. The minimum atomic E-state index is -4.66. The third kappa shape index (κ3) is 2.38. The highest BCUT2D eigenvalue weighted by molar-refractivity contribution is 5.30. The number of halogens is 3. The molecule has 1 rings (SSSR count). The van der Waals surface area contributed by atoms with Crippen LogP contribution in [-0.2, 0) is 5.60 Å². The Hall–Kier alpha value is -1.03. The summed E-state index contributed by atoms with van der Waals surface area (Å²) in [4.78, 5) is 0. The van der Waals surface area contributed by atoms with Crippen LogP contribution >= 0.6 is 0 Å². The molecule has 90 valence electrons. The maximum Gasteiger partial charge on any atom is 0.421 e. The molecular formula is C12H15F3O. The lowest BCUT2D eigenvalue weighted by atomic mass is 9.91. The Balaban J connectivity index is 3.19. The van der Waals surface area contributed by atoms with E-state index in [-0.39, 0.29) is 11.5 Å². The van der Waals surface area contributed by atoms with Crippen LogP contribution in [0.2, 0.25) is 0 Å². The highest BCUT2D eigenvalue weighted by atomic mass is 19.4. The van der Waals surface area contributed by atoms with E-state index in [1.54, 1.807) is 6.07 Å². The first-order valence-electron chi connectivity index (χ1n) is 5.06. The average molecular weight is 232 g/mol. The van der Waals surface area contributed by atoms with Gasteiger partial charge in [0.15, 0.2) is 5.60 Å². The Morgan fingerprint density at radius 3 is 2.19 bits per heavy atom. The van der Waals surface area contributed by atoms with Crippen LogP contribution in [0.1, 0.15) is 37.8 Å². The normalized spacial score (nSPS) is 16.2. The second-order valence-corrected chi connectivity index (χ2v) is 4.35. The van der Waals surface area contributed by atoms with Gasteiger partial charge in [-0.2, -0.15) is 13.2 Å². The first-order valence-corrected chi connectivity index (χ1v) is 5.06. The van der Waals surface area contributed by atoms with E-state index >= 15 is 0 Å². The molecule has 0 aliphatic rings. The third-order valence-electron chi connectivity index (χ3n) is 2.67. The smallest absolute Gasteiger partial charge is 0.376 e. The second-order valence-electron chi connectivity index (χ2n) is 4.35. The Morgan fingerprint density at radius 1 is 1.19 bits per heavy atom. The molecule has 0 aliphatic heterocycles. The molecule has 4 heteroatoms. The summed E-state index contributed by atoms with van der Waals surface area (Å²) in [5.74, 6) is 0.129. The lowest BCUT2D eigenvalue weighted by molar-refractivity contribution is -0.258. The van der Waals surface area contributed by atoms with Gasteiger partial charge in [0.1, 0.15) is 0 Å². The summed E-state index contributed by atoms with van der Waals surface area (Å²) in [5, 5.41) is 9.50. The fraction of sp³-hybridized carbons (Fsp3) is 0.500. The van der Waals surface area contributed by atoms with E-state index in [0.717, 1.165) is 12.5 Å². The second kappa shape index (κ2) is 4.09. The zero-order valence-corrected chi connectivity index (χ0v) is 9.47. The molecule has 0 saturated carbocycles. The summed E-state index contributed by atoms with van der Waals surface area (Å²) in [6, 6.07) is 5.98. The molecule has 1 nitrogen and oxygen atoms in total. The molecule has 0 saturated heterocycles. The summed E-state index contributed by atoms with van der Waals surface area (Å²) in [6.45, 7) is 4.55. The molecule has 0 aliphatic carbocycles. The Kier molecular flexibility index (Phi) is 3.33. The predicted octanol–water partition coefficient (Wildman–Crippen LogP) is 3.58. The van der Waals surface area contributed by atoms with Crippen LogP contribution in [0.3, 0.4) is 0 Å². The van der Waals surface area contributed by atoms with Gasteiger partial charge in [-0.1, -0.05) is 38.1 Å². The third-order valence-corrected chi connectivity index (χ3v) is 2.67. The molecule has 1 aromatic rings. The summed E-state index contributed by atoms with van der Waals surface area (Å²) in [6.07, 6.45) is -4.66. The van der Waals surface area contributed by atoms with Crippen LogP contribution in [0, 0.1) is 0 Å². The molecule has 1 aromatic carbocycles. The molecule has 0 amide bonds. The van der Waals surface area contributed by atoms with Gasteiger partial charge in [-0.3, -0.25) is 0 Å². The summed E-state index contributed by atoms with van der Waals surface area (Å²) < 4.78 is 37.8. The van der Waals surface area contributed by atoms with E-state index in [1.807, 2.05) is 13.8 Å². The van der Waals surface area contributed by atoms with Crippen LogP contribution in [-0.4, -0.2) is 11.3 Å². The summed E-state index contributed by atoms with van der Waals surface area (Å²) in [7, 11) is 0.